The fraction of sp³-hybridized carbons (Fsp3) is 0.737. The van der Waals surface area contributed by atoms with Gasteiger partial charge in [0, 0.05) is 6.54 Å². The number of hydrogen-bond donors (Lipinski definition) is 3. The van der Waals surface area contributed by atoms with E-state index in [4.69, 9.17) is 9.47 Å². The van der Waals surface area contributed by atoms with Crippen LogP contribution in [0.5, 0.6) is 0 Å². The summed E-state index contributed by atoms with van der Waals surface area (Å²) in [4.78, 5) is 51.4. The van der Waals surface area contributed by atoms with E-state index >= 15 is 0 Å². The molecule has 3 amide bonds. The number of nitrogens with zero attached hydrogens (tertiary/aromatic N) is 1. The van der Waals surface area contributed by atoms with Crippen LogP contribution in [0.3, 0.4) is 0 Å². The first kappa shape index (κ1) is 25.2. The Kier molecular flexibility index (Phi) is 8.61. The van der Waals surface area contributed by atoms with Gasteiger partial charge < -0.3 is 19.5 Å². The zero-order valence-corrected chi connectivity index (χ0v) is 18.6. The Bertz CT molecular complexity index is 660. The zero-order valence-electron chi connectivity index (χ0n) is 18.6. The molecule has 0 aromatic carbocycles. The molecule has 170 valence electrons. The lowest BCUT2D eigenvalue weighted by molar-refractivity contribution is -0.155. The van der Waals surface area contributed by atoms with Gasteiger partial charge in [-0.25, -0.2) is 14.4 Å². The van der Waals surface area contributed by atoms with E-state index < -0.39 is 41.3 Å². The van der Waals surface area contributed by atoms with E-state index in [1.807, 2.05) is 0 Å². The minimum atomic E-state index is -0.790. The molecule has 3 N–H and O–H groups in total. The lowest BCUT2D eigenvalue weighted by Gasteiger charge is -2.34. The Balaban J connectivity index is 2.69. The van der Waals surface area contributed by atoms with Gasteiger partial charge in [-0.1, -0.05) is 0 Å². The molecule has 2 atom stereocenters. The van der Waals surface area contributed by atoms with Crippen molar-refractivity contribution in [2.45, 2.75) is 71.6 Å². The highest BCUT2D eigenvalue weighted by Crippen LogP contribution is 2.21. The zero-order chi connectivity index (χ0) is 23.1. The smallest absolute Gasteiger partial charge is 0.414 e. The number of methoxy groups -OCH3 is 1. The molecule has 0 saturated carbocycles. The van der Waals surface area contributed by atoms with Crippen molar-refractivity contribution in [2.24, 2.45) is 10.9 Å². The number of guanidine groups is 1. The Morgan fingerprint density at radius 1 is 1.00 bits per heavy atom. The van der Waals surface area contributed by atoms with Crippen molar-refractivity contribution in [1.82, 2.24) is 16.0 Å². The lowest BCUT2D eigenvalue weighted by Crippen LogP contribution is -2.62. The Hall–Kier alpha value is -2.85. The second kappa shape index (κ2) is 10.3. The predicted octanol–water partition coefficient (Wildman–Crippen LogP) is 1.46. The molecule has 0 bridgehead atoms. The number of alkyl carbamates (subject to hydrolysis) is 2. The number of nitrogens with one attached hydrogen (secondary N) is 3. The first-order chi connectivity index (χ1) is 13.7. The van der Waals surface area contributed by atoms with Crippen molar-refractivity contribution in [1.29, 1.82) is 0 Å². The quantitative estimate of drug-likeness (QED) is 0.150. The first-order valence-electron chi connectivity index (χ1n) is 9.64. The van der Waals surface area contributed by atoms with Crippen molar-refractivity contribution < 1.29 is 33.4 Å². The monoisotopic (exact) mass is 428 g/mol. The van der Waals surface area contributed by atoms with Gasteiger partial charge in [-0.2, -0.15) is 0 Å². The molecule has 1 heterocycles. The van der Waals surface area contributed by atoms with Gasteiger partial charge in [-0.05, 0) is 54.4 Å². The van der Waals surface area contributed by atoms with E-state index in [0.29, 0.717) is 12.8 Å². The summed E-state index contributed by atoms with van der Waals surface area (Å²) >= 11 is 0. The number of carbonyl (C=O) groups is 4. The van der Waals surface area contributed by atoms with Gasteiger partial charge in [-0.15, -0.1) is 0 Å². The molecule has 11 nitrogen and oxygen atoms in total. The maximum absolute atomic E-state index is 12.0. The third-order valence-corrected chi connectivity index (χ3v) is 3.67. The van der Waals surface area contributed by atoms with Crippen LogP contribution in [0.2, 0.25) is 0 Å². The van der Waals surface area contributed by atoms with Gasteiger partial charge in [0.05, 0.1) is 13.0 Å². The molecule has 0 unspecified atom stereocenters. The van der Waals surface area contributed by atoms with Crippen molar-refractivity contribution in [3.63, 3.8) is 0 Å². The van der Waals surface area contributed by atoms with Gasteiger partial charge in [0.1, 0.15) is 17.2 Å². The molecule has 30 heavy (non-hydrogen) atoms. The van der Waals surface area contributed by atoms with E-state index in [9.17, 15) is 19.2 Å². The fourth-order valence-electron chi connectivity index (χ4n) is 2.48. The van der Waals surface area contributed by atoms with E-state index in [-0.39, 0.29) is 18.4 Å². The second-order valence-electron chi connectivity index (χ2n) is 8.74. The molecule has 0 aromatic heterocycles. The molecule has 1 aliphatic heterocycles. The summed E-state index contributed by atoms with van der Waals surface area (Å²) < 4.78 is 15.0. The van der Waals surface area contributed by atoms with Crippen LogP contribution >= 0.6 is 0 Å². The lowest BCUT2D eigenvalue weighted by atomic mass is 9.86. The van der Waals surface area contributed by atoms with Crippen molar-refractivity contribution in [3.05, 3.63) is 0 Å². The Labute approximate surface area is 176 Å². The van der Waals surface area contributed by atoms with E-state index in [0.717, 1.165) is 0 Å². The fourth-order valence-corrected chi connectivity index (χ4v) is 2.48. The summed E-state index contributed by atoms with van der Waals surface area (Å²) in [5.74, 6) is -1.36. The number of esters is 1. The maximum Gasteiger partial charge on any atom is 0.414 e. The van der Waals surface area contributed by atoms with Crippen molar-refractivity contribution in [2.75, 3.05) is 13.7 Å². The Morgan fingerprint density at radius 3 is 1.90 bits per heavy atom. The second-order valence-corrected chi connectivity index (χ2v) is 8.74. The number of hydrogen-bond acceptors (Lipinski definition) is 8. The van der Waals surface area contributed by atoms with Crippen LogP contribution in [0.15, 0.2) is 4.99 Å². The van der Waals surface area contributed by atoms with Gasteiger partial charge in [0.2, 0.25) is 11.9 Å². The third-order valence-electron chi connectivity index (χ3n) is 3.67. The molecule has 0 radical (unpaired) electrons. The van der Waals surface area contributed by atoms with Crippen LogP contribution in [0.4, 0.5) is 9.59 Å². The normalized spacial score (nSPS) is 18.3. The SMILES string of the molecule is COC(=O)[C@@H]1NC(=O)[C@H]1CCCN=C(NC(=O)OC(C)(C)C)NC(=O)OC(C)(C)C. The number of ether oxygens (including phenoxy) is 3. The van der Waals surface area contributed by atoms with E-state index in [1.165, 1.54) is 7.11 Å². The molecule has 1 saturated heterocycles. The van der Waals surface area contributed by atoms with Gasteiger partial charge in [0.15, 0.2) is 0 Å². The molecular weight excluding hydrogens is 396 g/mol. The summed E-state index contributed by atoms with van der Waals surface area (Å²) in [6.45, 7) is 10.4. The average Bonchev–Trinajstić information content (AvgIpc) is 2.54. The topological polar surface area (TPSA) is 144 Å². The van der Waals surface area contributed by atoms with E-state index in [2.05, 4.69) is 25.7 Å². The number of amides is 3. The minimum Gasteiger partial charge on any atom is -0.467 e. The van der Waals surface area contributed by atoms with E-state index in [1.54, 1.807) is 41.5 Å². The summed E-state index contributed by atoms with van der Waals surface area (Å²) in [6, 6.07) is -0.661. The number of rotatable bonds is 5. The summed E-state index contributed by atoms with van der Waals surface area (Å²) in [6.07, 6.45) is -0.759. The molecule has 0 spiro atoms. The predicted molar refractivity (Wildman–Crippen MR) is 108 cm³/mol. The van der Waals surface area contributed by atoms with Gasteiger partial charge in [-0.3, -0.25) is 20.4 Å². The van der Waals surface area contributed by atoms with Crippen LogP contribution in [0, 0.1) is 5.92 Å². The molecule has 1 aliphatic rings. The average molecular weight is 428 g/mol. The maximum atomic E-state index is 12.0. The van der Waals surface area contributed by atoms with Crippen LogP contribution in [0.1, 0.15) is 54.4 Å². The van der Waals surface area contributed by atoms with Gasteiger partial charge >= 0.3 is 18.2 Å². The van der Waals surface area contributed by atoms with Crippen molar-refractivity contribution >= 4 is 30.0 Å². The molecular formula is C19H32N4O7. The standard InChI is InChI=1S/C19H32N4O7/c1-18(2,3)29-16(26)22-15(23-17(27)30-19(4,5)6)20-10-8-9-11-12(14(25)28-7)21-13(11)24/h11-12H,8-10H2,1-7H3,(H,21,24)(H2,20,22,23,26,27)/t11-,12+/m0/s1. The third kappa shape index (κ3) is 9.10. The van der Waals surface area contributed by atoms with Crippen LogP contribution in [-0.2, 0) is 23.8 Å². The molecule has 11 heteroatoms. The number of β-lactam (4-membered cyclic amide) rings is 1. The highest BCUT2D eigenvalue weighted by Gasteiger charge is 2.44. The van der Waals surface area contributed by atoms with Crippen LogP contribution in [-0.4, -0.2) is 60.9 Å². The summed E-state index contributed by atoms with van der Waals surface area (Å²) in [5.41, 5.74) is -1.47. The first-order valence-corrected chi connectivity index (χ1v) is 9.64. The van der Waals surface area contributed by atoms with Gasteiger partial charge in [0.25, 0.3) is 0 Å². The largest absolute Gasteiger partial charge is 0.467 e. The van der Waals surface area contributed by atoms with Crippen LogP contribution in [0.25, 0.3) is 0 Å². The minimum absolute atomic E-state index is 0.138. The molecule has 1 rings (SSSR count). The highest BCUT2D eigenvalue weighted by molar-refractivity contribution is 6.01. The van der Waals surface area contributed by atoms with Crippen molar-refractivity contribution in [3.8, 4) is 0 Å². The number of aliphatic imine (C=N–C) groups is 1. The molecule has 0 aromatic rings. The Morgan fingerprint density at radius 2 is 1.50 bits per heavy atom. The molecule has 1 fully saturated rings. The molecule has 0 aliphatic carbocycles. The summed E-state index contributed by atoms with van der Waals surface area (Å²) in [7, 11) is 1.26. The number of carbonyl (C=O) groups excluding carboxylic acids is 4. The van der Waals surface area contributed by atoms with Crippen LogP contribution < -0.4 is 16.0 Å². The highest BCUT2D eigenvalue weighted by atomic mass is 16.6. The summed E-state index contributed by atoms with van der Waals surface area (Å²) in [5, 5.41) is 7.24.